The number of hydrogen-bond acceptors (Lipinski definition) is 6. The summed E-state index contributed by atoms with van der Waals surface area (Å²) >= 11 is -2.91. The number of aromatic amines is 1. The van der Waals surface area contributed by atoms with E-state index in [1.807, 2.05) is 0 Å². The highest BCUT2D eigenvalue weighted by molar-refractivity contribution is 7.90. The smallest absolute Gasteiger partial charge is 0.387 e. The largest absolute Gasteiger partial charge is 0.609 e. The van der Waals surface area contributed by atoms with Crippen molar-refractivity contribution in [3.05, 3.63) is 36.0 Å². The van der Waals surface area contributed by atoms with Crippen LogP contribution in [0.15, 0.2) is 35.5 Å². The number of H-pyrrole nitrogens is 1. The van der Waals surface area contributed by atoms with Crippen molar-refractivity contribution in [1.29, 1.82) is 0 Å². The lowest BCUT2D eigenvalue weighted by Crippen LogP contribution is -2.10. The zero-order valence-electron chi connectivity index (χ0n) is 22.8. The molecule has 3 aromatic rings. The zero-order chi connectivity index (χ0) is 27.3. The molecule has 2 heterocycles. The minimum Gasteiger partial charge on any atom is -0.609 e. The summed E-state index contributed by atoms with van der Waals surface area (Å²) in [5, 5.41) is -0.714. The van der Waals surface area contributed by atoms with Gasteiger partial charge in [-0.05, 0) is 12.1 Å². The van der Waals surface area contributed by atoms with Gasteiger partial charge in [-0.1, -0.05) is 0 Å². The molecule has 0 aliphatic rings. The van der Waals surface area contributed by atoms with Crippen molar-refractivity contribution in [1.82, 2.24) is 15.0 Å². The van der Waals surface area contributed by atoms with Crippen molar-refractivity contribution >= 4 is 22.2 Å². The second-order valence-electron chi connectivity index (χ2n) is 4.38. The minimum atomic E-state index is -3.41. The molecule has 7 nitrogen and oxygen atoms in total. The Morgan fingerprint density at radius 2 is 2.27 bits per heavy atom. The molecule has 2 aromatic heterocycles. The summed E-state index contributed by atoms with van der Waals surface area (Å²) in [6, 6.07) is -3.34. The first-order chi connectivity index (χ1) is 16.5. The van der Waals surface area contributed by atoms with Crippen molar-refractivity contribution < 1.29 is 41.3 Å². The highest BCUT2D eigenvalue weighted by Gasteiger charge is 2.22. The average Bonchev–Trinajstić information content (AvgIpc) is 3.22. The van der Waals surface area contributed by atoms with Crippen LogP contribution in [0.4, 0.5) is 8.78 Å². The predicted molar refractivity (Wildman–Crippen MR) is 90.2 cm³/mol. The number of fused-ring (bicyclic) bond motifs is 1. The maximum absolute atomic E-state index is 13.2. The molecule has 3 rings (SSSR count). The first-order valence-corrected chi connectivity index (χ1v) is 7.77. The highest BCUT2D eigenvalue weighted by atomic mass is 32.2. The minimum absolute atomic E-state index is 0.445. The maximum atomic E-state index is 13.2. The van der Waals surface area contributed by atoms with Crippen LogP contribution in [0.1, 0.15) is 19.4 Å². The topological polar surface area (TPSA) is 92.3 Å². The van der Waals surface area contributed by atoms with Gasteiger partial charge in [0.15, 0.2) is 17.2 Å². The molecule has 0 aliphatic heterocycles. The second kappa shape index (κ2) is 7.75. The van der Waals surface area contributed by atoms with Gasteiger partial charge < -0.3 is 18.8 Å². The third-order valence-corrected chi connectivity index (χ3v) is 3.77. The van der Waals surface area contributed by atoms with E-state index in [0.29, 0.717) is 0 Å². The molecular weight excluding hydrogens is 368 g/mol. The Hall–Kier alpha value is -2.59. The number of nitrogens with one attached hydrogen (secondary N) is 1. The van der Waals surface area contributed by atoms with Crippen LogP contribution in [-0.4, -0.2) is 40.3 Å². The Labute approximate surface area is 164 Å². The van der Waals surface area contributed by atoms with E-state index < -0.39 is 100 Å². The quantitative estimate of drug-likeness (QED) is 0.621. The van der Waals surface area contributed by atoms with Gasteiger partial charge in [0, 0.05) is 29.4 Å². The first-order valence-electron chi connectivity index (χ1n) is 11.6. The molecule has 0 radical (unpaired) electrons. The molecule has 1 N–H and O–H groups in total. The third kappa shape index (κ3) is 3.81. The molecule has 0 amide bonds. The number of imidazole rings is 1. The summed E-state index contributed by atoms with van der Waals surface area (Å²) in [4.78, 5) is 9.66. The molecule has 26 heavy (non-hydrogen) atoms. The molecule has 1 aromatic carbocycles. The molecule has 1 atom stereocenters. The number of hydrogen-bond donors (Lipinski definition) is 1. The Morgan fingerprint density at radius 1 is 1.42 bits per heavy atom. The normalized spacial score (nSPS) is 19.0. The van der Waals surface area contributed by atoms with E-state index in [1.54, 1.807) is 0 Å². The van der Waals surface area contributed by atoms with E-state index in [1.165, 1.54) is 0 Å². The van der Waals surface area contributed by atoms with E-state index >= 15 is 0 Å². The molecule has 1 unspecified atom stereocenters. The van der Waals surface area contributed by atoms with Crippen LogP contribution in [0.5, 0.6) is 17.2 Å². The van der Waals surface area contributed by atoms with E-state index in [0.717, 1.165) is 7.11 Å². The maximum Gasteiger partial charge on any atom is 0.387 e. The summed E-state index contributed by atoms with van der Waals surface area (Å²) in [5.41, 5.74) is -4.89. The zero-order valence-corrected chi connectivity index (χ0v) is 13.6. The van der Waals surface area contributed by atoms with Gasteiger partial charge in [0.05, 0.1) is 38.9 Å². The van der Waals surface area contributed by atoms with Gasteiger partial charge in [-0.15, -0.1) is 0 Å². The van der Waals surface area contributed by atoms with Gasteiger partial charge in [0.2, 0.25) is 0 Å². The second-order valence-corrected chi connectivity index (χ2v) is 5.51. The molecule has 0 fully saturated rings. The number of rotatable bonds is 7. The SMILES string of the molecule is [2H]c1nc(C([2H])([2H])[S+]([O-])c2nc3c([2H])c([2H])c(OC(F)F)c([2H])c3[nH]2)c(OC)c(OC([2H])([2H])[2H])c1[2H]. The predicted octanol–water partition coefficient (Wildman–Crippen LogP) is 2.88. The van der Waals surface area contributed by atoms with E-state index in [9.17, 15) is 13.3 Å². The fourth-order valence-corrected chi connectivity index (χ4v) is 2.62. The number of nitrogens with zero attached hydrogens (tertiary/aromatic N) is 2. The Bertz CT molecular complexity index is 1320. The fraction of sp³-hybridized carbons (Fsp3) is 0.250. The number of aromatic nitrogens is 3. The van der Waals surface area contributed by atoms with Crippen LogP contribution in [-0.2, 0) is 16.9 Å². The number of benzene rings is 1. The monoisotopic (exact) mass is 393 g/mol. The molecule has 138 valence electrons. The summed E-state index contributed by atoms with van der Waals surface area (Å²) in [5.74, 6) is -2.54. The Morgan fingerprint density at radius 3 is 3.00 bits per heavy atom. The van der Waals surface area contributed by atoms with Crippen molar-refractivity contribution in [3.63, 3.8) is 0 Å². The molecule has 0 bridgehead atoms. The molecule has 10 heteroatoms. The summed E-state index contributed by atoms with van der Waals surface area (Å²) in [6.07, 6.45) is -0.926. The highest BCUT2D eigenvalue weighted by Crippen LogP contribution is 2.31. The van der Waals surface area contributed by atoms with Crippen LogP contribution in [0.2, 0.25) is 0 Å². The van der Waals surface area contributed by atoms with Gasteiger partial charge in [-0.25, -0.2) is 0 Å². The number of pyridine rings is 1. The van der Waals surface area contributed by atoms with Crippen LogP contribution in [0.3, 0.4) is 0 Å². The molecular formula is C16H15F2N3O4S. The van der Waals surface area contributed by atoms with Crippen LogP contribution >= 0.6 is 0 Å². The molecule has 0 spiro atoms. The van der Waals surface area contributed by atoms with Crippen LogP contribution in [0, 0.1) is 0 Å². The van der Waals surface area contributed by atoms with Gasteiger partial charge >= 0.3 is 11.8 Å². The van der Waals surface area contributed by atoms with Gasteiger partial charge in [0.1, 0.15) is 11.4 Å². The third-order valence-electron chi connectivity index (χ3n) is 2.85. The van der Waals surface area contributed by atoms with E-state index in [-0.39, 0.29) is 0 Å². The number of methoxy groups -OCH3 is 2. The summed E-state index contributed by atoms with van der Waals surface area (Å²) in [6.45, 7) is -3.41. The molecule has 0 saturated carbocycles. The van der Waals surface area contributed by atoms with Crippen molar-refractivity contribution in [2.45, 2.75) is 17.5 Å². The van der Waals surface area contributed by atoms with Crippen molar-refractivity contribution in [3.8, 4) is 17.2 Å². The van der Waals surface area contributed by atoms with E-state index in [2.05, 4.69) is 24.4 Å². The first kappa shape index (κ1) is 9.38. The lowest BCUT2D eigenvalue weighted by Gasteiger charge is -2.12. The number of ether oxygens (including phenoxy) is 3. The average molecular weight is 393 g/mol. The summed E-state index contributed by atoms with van der Waals surface area (Å²) in [7, 11) is -2.16. The van der Waals surface area contributed by atoms with Gasteiger partial charge in [-0.3, -0.25) is 9.97 Å². The molecule has 0 aliphatic carbocycles. The Balaban J connectivity index is 2.19. The van der Waals surface area contributed by atoms with E-state index in [4.69, 9.17) is 18.4 Å². The lowest BCUT2D eigenvalue weighted by molar-refractivity contribution is -0.0497. The Kier molecular flexibility index (Phi) is 2.79. The number of halogens is 2. The van der Waals surface area contributed by atoms with Crippen molar-refractivity contribution in [2.75, 3.05) is 14.1 Å². The van der Waals surface area contributed by atoms with Crippen LogP contribution < -0.4 is 14.2 Å². The van der Waals surface area contributed by atoms with Crippen molar-refractivity contribution in [2.24, 2.45) is 0 Å². The number of alkyl halides is 2. The molecule has 0 saturated heterocycles. The standard InChI is InChI=1S/C16H15F2N3O4S/c1-23-13-5-6-19-12(14(13)24-2)8-26(22)16-20-10-4-3-9(25-15(17)18)7-11(10)21-16/h3-7,15H,8H2,1-2H3,(H,20,21)/i1D3,3D,4D,5D,6D,7D,8D2. The fourth-order valence-electron chi connectivity index (χ4n) is 1.85. The lowest BCUT2D eigenvalue weighted by atomic mass is 10.3. The van der Waals surface area contributed by atoms with Gasteiger partial charge in [0.25, 0.3) is 0 Å². The van der Waals surface area contributed by atoms with Crippen LogP contribution in [0.25, 0.3) is 11.0 Å². The van der Waals surface area contributed by atoms with Gasteiger partial charge in [-0.2, -0.15) is 13.8 Å². The summed E-state index contributed by atoms with van der Waals surface area (Å²) < 4.78 is 130.